The van der Waals surface area contributed by atoms with Gasteiger partial charge in [0.1, 0.15) is 23.1 Å². The third kappa shape index (κ3) is 3.29. The summed E-state index contributed by atoms with van der Waals surface area (Å²) in [5, 5.41) is 2.29. The summed E-state index contributed by atoms with van der Waals surface area (Å²) < 4.78 is 32.6. The second kappa shape index (κ2) is 6.70. The Morgan fingerprint density at radius 3 is 2.52 bits per heavy atom. The van der Waals surface area contributed by atoms with Crippen molar-refractivity contribution in [1.29, 1.82) is 0 Å². The van der Waals surface area contributed by atoms with Crippen molar-refractivity contribution in [1.82, 2.24) is 4.98 Å². The molecule has 0 unspecified atom stereocenters. The molecule has 1 aliphatic heterocycles. The molecule has 2 heterocycles. The monoisotopic (exact) mass is 319 g/mol. The minimum absolute atomic E-state index is 0.261. The number of carbonyl (C=O) groups is 1. The van der Waals surface area contributed by atoms with Crippen molar-refractivity contribution >= 4 is 17.4 Å². The molecule has 0 bridgehead atoms. The maximum atomic E-state index is 13.7. The van der Waals surface area contributed by atoms with Gasteiger partial charge in [-0.05, 0) is 24.3 Å². The molecule has 2 aromatic rings. The van der Waals surface area contributed by atoms with Crippen LogP contribution in [0, 0.1) is 11.6 Å². The molecule has 7 heteroatoms. The van der Waals surface area contributed by atoms with Crippen molar-refractivity contribution < 1.29 is 18.3 Å². The molecular weight excluding hydrogens is 304 g/mol. The summed E-state index contributed by atoms with van der Waals surface area (Å²) in [7, 11) is 0. The molecule has 0 radical (unpaired) electrons. The lowest BCUT2D eigenvalue weighted by Gasteiger charge is -2.29. The van der Waals surface area contributed by atoms with Crippen LogP contribution < -0.4 is 10.2 Å². The molecular formula is C16H15F2N3O2. The van der Waals surface area contributed by atoms with E-state index in [1.165, 1.54) is 6.07 Å². The number of nitrogens with one attached hydrogen (secondary N) is 1. The second-order valence-electron chi connectivity index (χ2n) is 5.02. The van der Waals surface area contributed by atoms with Gasteiger partial charge in [-0.25, -0.2) is 13.8 Å². The number of anilines is 2. The number of ether oxygens (including phenoxy) is 1. The number of hydrogen-bond acceptors (Lipinski definition) is 4. The highest BCUT2D eigenvalue weighted by Crippen LogP contribution is 2.22. The largest absolute Gasteiger partial charge is 0.378 e. The molecule has 1 N–H and O–H groups in total. The van der Waals surface area contributed by atoms with Gasteiger partial charge in [0.25, 0.3) is 5.91 Å². The first-order valence-electron chi connectivity index (χ1n) is 7.20. The fraction of sp³-hybridized carbons (Fsp3) is 0.250. The normalized spacial score (nSPS) is 14.6. The zero-order chi connectivity index (χ0) is 16.2. The Balaban J connectivity index is 1.88. The van der Waals surface area contributed by atoms with Crippen LogP contribution in [0.15, 0.2) is 36.5 Å². The number of nitrogens with zero attached hydrogens (tertiary/aromatic N) is 2. The Morgan fingerprint density at radius 2 is 1.83 bits per heavy atom. The van der Waals surface area contributed by atoms with Gasteiger partial charge in [-0.1, -0.05) is 6.07 Å². The van der Waals surface area contributed by atoms with E-state index in [4.69, 9.17) is 4.74 Å². The molecule has 1 fully saturated rings. The standard InChI is InChI=1S/C16H15F2N3O2/c17-12-4-1-5-13(18)14(12)20-16(22)11-3-2-6-19-15(11)21-7-9-23-10-8-21/h1-6H,7-10H2,(H,20,22). The lowest BCUT2D eigenvalue weighted by atomic mass is 10.2. The Labute approximate surface area is 131 Å². The molecule has 1 aromatic carbocycles. The predicted octanol–water partition coefficient (Wildman–Crippen LogP) is 2.45. The number of benzene rings is 1. The van der Waals surface area contributed by atoms with Crippen molar-refractivity contribution in [3.8, 4) is 0 Å². The maximum Gasteiger partial charge on any atom is 0.259 e. The van der Waals surface area contributed by atoms with Crippen LogP contribution in [-0.4, -0.2) is 37.2 Å². The number of carbonyl (C=O) groups excluding carboxylic acids is 1. The smallest absolute Gasteiger partial charge is 0.259 e. The van der Waals surface area contributed by atoms with E-state index in [0.29, 0.717) is 32.1 Å². The van der Waals surface area contributed by atoms with Crippen LogP contribution in [0.3, 0.4) is 0 Å². The lowest BCUT2D eigenvalue weighted by Crippen LogP contribution is -2.38. The molecule has 1 aromatic heterocycles. The summed E-state index contributed by atoms with van der Waals surface area (Å²) in [5.41, 5.74) is -0.202. The van der Waals surface area contributed by atoms with E-state index in [2.05, 4.69) is 10.3 Å². The summed E-state index contributed by atoms with van der Waals surface area (Å²) in [5.74, 6) is -1.78. The second-order valence-corrected chi connectivity index (χ2v) is 5.02. The molecule has 1 aliphatic rings. The quantitative estimate of drug-likeness (QED) is 0.944. The first kappa shape index (κ1) is 15.4. The number of pyridine rings is 1. The highest BCUT2D eigenvalue weighted by Gasteiger charge is 2.21. The van der Waals surface area contributed by atoms with Crippen LogP contribution >= 0.6 is 0 Å². The fourth-order valence-corrected chi connectivity index (χ4v) is 2.40. The molecule has 1 amide bonds. The van der Waals surface area contributed by atoms with E-state index in [-0.39, 0.29) is 5.56 Å². The number of aromatic nitrogens is 1. The van der Waals surface area contributed by atoms with E-state index in [9.17, 15) is 13.6 Å². The van der Waals surface area contributed by atoms with Crippen molar-refractivity contribution in [3.63, 3.8) is 0 Å². The first-order chi connectivity index (χ1) is 11.2. The molecule has 23 heavy (non-hydrogen) atoms. The van der Waals surface area contributed by atoms with Gasteiger partial charge < -0.3 is 15.0 Å². The Bertz CT molecular complexity index is 698. The van der Waals surface area contributed by atoms with Gasteiger partial charge in [0.05, 0.1) is 18.8 Å². The summed E-state index contributed by atoms with van der Waals surface area (Å²) in [6.07, 6.45) is 1.57. The maximum absolute atomic E-state index is 13.7. The minimum atomic E-state index is -0.824. The molecule has 120 valence electrons. The highest BCUT2D eigenvalue weighted by atomic mass is 19.1. The van der Waals surface area contributed by atoms with E-state index < -0.39 is 23.2 Å². The SMILES string of the molecule is O=C(Nc1c(F)cccc1F)c1cccnc1N1CCOCC1. The third-order valence-electron chi connectivity index (χ3n) is 3.54. The number of hydrogen-bond donors (Lipinski definition) is 1. The van der Waals surface area contributed by atoms with Crippen LogP contribution in [0.4, 0.5) is 20.3 Å². The Morgan fingerprint density at radius 1 is 1.13 bits per heavy atom. The number of rotatable bonds is 3. The van der Waals surface area contributed by atoms with Crippen molar-refractivity contribution in [2.24, 2.45) is 0 Å². The number of amides is 1. The topological polar surface area (TPSA) is 54.5 Å². The molecule has 3 rings (SSSR count). The lowest BCUT2D eigenvalue weighted by molar-refractivity contribution is 0.102. The fourth-order valence-electron chi connectivity index (χ4n) is 2.40. The molecule has 5 nitrogen and oxygen atoms in total. The van der Waals surface area contributed by atoms with E-state index in [0.717, 1.165) is 12.1 Å². The van der Waals surface area contributed by atoms with Gasteiger partial charge in [-0.15, -0.1) is 0 Å². The van der Waals surface area contributed by atoms with Crippen LogP contribution in [0.2, 0.25) is 0 Å². The Kier molecular flexibility index (Phi) is 4.47. The van der Waals surface area contributed by atoms with Crippen LogP contribution in [0.1, 0.15) is 10.4 Å². The van der Waals surface area contributed by atoms with E-state index in [1.54, 1.807) is 18.3 Å². The van der Waals surface area contributed by atoms with Crippen molar-refractivity contribution in [2.75, 3.05) is 36.5 Å². The van der Waals surface area contributed by atoms with Crippen LogP contribution in [0.5, 0.6) is 0 Å². The van der Waals surface area contributed by atoms with Gasteiger partial charge in [0.15, 0.2) is 0 Å². The predicted molar refractivity (Wildman–Crippen MR) is 81.6 cm³/mol. The van der Waals surface area contributed by atoms with Gasteiger partial charge in [0, 0.05) is 19.3 Å². The number of para-hydroxylation sites is 1. The van der Waals surface area contributed by atoms with Crippen molar-refractivity contribution in [2.45, 2.75) is 0 Å². The highest BCUT2D eigenvalue weighted by molar-refractivity contribution is 6.07. The summed E-state index contributed by atoms with van der Waals surface area (Å²) in [4.78, 5) is 18.6. The third-order valence-corrected chi connectivity index (χ3v) is 3.54. The molecule has 0 spiro atoms. The first-order valence-corrected chi connectivity index (χ1v) is 7.20. The number of morpholine rings is 1. The van der Waals surface area contributed by atoms with Gasteiger partial charge >= 0.3 is 0 Å². The van der Waals surface area contributed by atoms with E-state index in [1.807, 2.05) is 4.90 Å². The van der Waals surface area contributed by atoms with E-state index >= 15 is 0 Å². The Hall–Kier alpha value is -2.54. The minimum Gasteiger partial charge on any atom is -0.378 e. The van der Waals surface area contributed by atoms with Crippen LogP contribution in [-0.2, 0) is 4.74 Å². The number of halogens is 2. The molecule has 0 saturated carbocycles. The summed E-state index contributed by atoms with van der Waals surface area (Å²) >= 11 is 0. The van der Waals surface area contributed by atoms with Gasteiger partial charge in [0.2, 0.25) is 0 Å². The van der Waals surface area contributed by atoms with Gasteiger partial charge in [-0.3, -0.25) is 4.79 Å². The molecule has 0 atom stereocenters. The molecule has 0 aliphatic carbocycles. The molecule has 1 saturated heterocycles. The van der Waals surface area contributed by atoms with Crippen LogP contribution in [0.25, 0.3) is 0 Å². The summed E-state index contributed by atoms with van der Waals surface area (Å²) in [6.45, 7) is 2.29. The summed E-state index contributed by atoms with van der Waals surface area (Å²) in [6, 6.07) is 6.60. The average molecular weight is 319 g/mol. The zero-order valence-electron chi connectivity index (χ0n) is 12.3. The average Bonchev–Trinajstić information content (AvgIpc) is 2.59. The zero-order valence-corrected chi connectivity index (χ0v) is 12.3. The van der Waals surface area contributed by atoms with Gasteiger partial charge in [-0.2, -0.15) is 0 Å². The van der Waals surface area contributed by atoms with Crippen molar-refractivity contribution in [3.05, 3.63) is 53.7 Å².